The Morgan fingerprint density at radius 3 is 0.964 bits per heavy atom. The highest BCUT2D eigenvalue weighted by atomic mass is 16.8. The van der Waals surface area contributed by atoms with Crippen molar-refractivity contribution in [1.82, 2.24) is 0 Å². The van der Waals surface area contributed by atoms with E-state index in [2.05, 4.69) is 30.1 Å². The molecule has 9 aromatic rings. The summed E-state index contributed by atoms with van der Waals surface area (Å²) >= 11 is 0. The molecule has 140 heavy (non-hydrogen) atoms. The molecule has 5 saturated heterocycles. The summed E-state index contributed by atoms with van der Waals surface area (Å²) in [5, 5.41) is 12.6. The molecule has 5 aliphatic rings. The van der Waals surface area contributed by atoms with Gasteiger partial charge in [0.25, 0.3) is 0 Å². The lowest BCUT2D eigenvalue weighted by molar-refractivity contribution is -0.382. The molecule has 0 saturated carbocycles. The fourth-order valence-electron chi connectivity index (χ4n) is 16.6. The second kappa shape index (κ2) is 52.0. The summed E-state index contributed by atoms with van der Waals surface area (Å²) in [6.07, 6.45) is -39.9. The molecule has 14 rings (SSSR count). The zero-order valence-corrected chi connectivity index (χ0v) is 76.8. The van der Waals surface area contributed by atoms with Crippen LogP contribution in [0.5, 0.6) is 0 Å². The van der Waals surface area contributed by atoms with Gasteiger partial charge in [0.1, 0.15) is 130 Å². The third-order valence-electron chi connectivity index (χ3n) is 23.2. The summed E-state index contributed by atoms with van der Waals surface area (Å²) in [4.78, 5) is 111. The molecule has 0 aromatic heterocycles. The Morgan fingerprint density at radius 1 is 0.279 bits per heavy atom. The van der Waals surface area contributed by atoms with E-state index in [0.29, 0.717) is 38.9 Å². The van der Waals surface area contributed by atoms with Crippen LogP contribution in [0.2, 0.25) is 0 Å². The van der Waals surface area contributed by atoms with E-state index in [9.17, 15) is 35.8 Å². The second-order valence-electron chi connectivity index (χ2n) is 32.8. The molecule has 9 aromatic carbocycles. The van der Waals surface area contributed by atoms with Gasteiger partial charge in [0, 0.05) is 42.6 Å². The lowest BCUT2D eigenvalue weighted by Crippen LogP contribution is -2.69. The summed E-state index contributed by atoms with van der Waals surface area (Å²) in [5.41, 5.74) is 36.4. The lowest BCUT2D eigenvalue weighted by atomic mass is 9.93. The summed E-state index contributed by atoms with van der Waals surface area (Å²) in [6, 6.07) is 72.1. The maximum Gasteiger partial charge on any atom is 0.338 e. The van der Waals surface area contributed by atoms with Crippen LogP contribution in [0.15, 0.2) is 288 Å². The van der Waals surface area contributed by atoms with Crippen LogP contribution >= 0.6 is 0 Å². The van der Waals surface area contributed by atoms with Crippen molar-refractivity contribution in [2.75, 3.05) is 34.0 Å². The van der Waals surface area contributed by atoms with Crippen molar-refractivity contribution >= 4 is 41.8 Å². The summed E-state index contributed by atoms with van der Waals surface area (Å²) < 4.78 is 153. The van der Waals surface area contributed by atoms with Crippen molar-refractivity contribution in [2.45, 2.75) is 220 Å². The zero-order valence-electron chi connectivity index (χ0n) is 76.8. The number of hydrogen-bond donors (Lipinski definition) is 0. The van der Waals surface area contributed by atoms with Crippen molar-refractivity contribution in [2.24, 2.45) is 15.3 Å². The van der Waals surface area contributed by atoms with E-state index in [1.165, 1.54) is 38.3 Å². The third-order valence-corrected chi connectivity index (χ3v) is 23.2. The van der Waals surface area contributed by atoms with E-state index in [0.717, 1.165) is 21.0 Å². The monoisotopic (exact) mass is 1920 g/mol. The maximum atomic E-state index is 16.1. The number of ether oxygens (including phenoxy) is 23. The van der Waals surface area contributed by atoms with Gasteiger partial charge in [0.15, 0.2) is 49.8 Å². The van der Waals surface area contributed by atoms with Gasteiger partial charge in [0.05, 0.1) is 57.9 Å². The number of azide groups is 3. The average molecular weight is 1920 g/mol. The molecule has 0 bridgehead atoms. The summed E-state index contributed by atoms with van der Waals surface area (Å²) in [7, 11) is 2.29. The highest BCUT2D eigenvalue weighted by Gasteiger charge is 2.63. The smallest absolute Gasteiger partial charge is 0.338 e. The molecule has 0 amide bonds. The number of methoxy groups -OCH3 is 2. The number of esters is 7. The first-order valence-corrected chi connectivity index (χ1v) is 45.0. The quantitative estimate of drug-likeness (QED) is 0.0112. The third kappa shape index (κ3) is 27.8. The van der Waals surface area contributed by atoms with Crippen molar-refractivity contribution in [3.05, 3.63) is 354 Å². The first-order chi connectivity index (χ1) is 68.3. The Kier molecular flexibility index (Phi) is 38.0. The van der Waals surface area contributed by atoms with E-state index in [1.807, 2.05) is 48.5 Å². The van der Waals surface area contributed by atoms with Gasteiger partial charge in [-0.1, -0.05) is 264 Å². The van der Waals surface area contributed by atoms with Crippen LogP contribution in [0.4, 0.5) is 0 Å². The van der Waals surface area contributed by atoms with Gasteiger partial charge in [-0.05, 0) is 79.8 Å². The molecule has 0 radical (unpaired) electrons. The largest absolute Gasteiger partial charge is 0.467 e. The fraction of sp³-hybridized carbons (Fsp3) is 0.396. The Hall–Kier alpha value is -13.4. The highest BCUT2D eigenvalue weighted by molar-refractivity contribution is 5.90. The molecule has 0 aliphatic carbocycles. The van der Waals surface area contributed by atoms with Gasteiger partial charge >= 0.3 is 41.8 Å². The van der Waals surface area contributed by atoms with E-state index >= 15 is 14.4 Å². The molecule has 5 heterocycles. The van der Waals surface area contributed by atoms with Crippen LogP contribution in [0, 0.1) is 0 Å². The van der Waals surface area contributed by atoms with E-state index in [1.54, 1.807) is 200 Å². The predicted molar refractivity (Wildman–Crippen MR) is 488 cm³/mol. The number of rotatable bonds is 44. The van der Waals surface area contributed by atoms with Crippen molar-refractivity contribution < 1.29 is 143 Å². The average Bonchev–Trinajstić information content (AvgIpc) is 0.750. The molecular formula is C101H105N9O30. The van der Waals surface area contributed by atoms with Crippen LogP contribution in [0.1, 0.15) is 80.4 Å². The molecule has 734 valence electrons. The predicted octanol–water partition coefficient (Wildman–Crippen LogP) is 13.4. The topological polar surface area (TPSA) is 478 Å². The van der Waals surface area contributed by atoms with E-state index in [-0.39, 0.29) is 44.2 Å². The molecule has 0 N–H and O–H groups in total. The SMILES string of the molecule is COC(=O)[C@@H]1O[C@@H](O[C@H]2[C@H](OCc3ccccc3)[C@@H](N=[N+]=[N-])[C@@H](OC)O[C@@H]2COC(=O)c2ccccc2)[C@H](OC(=O)c2ccccc2)[C@@H](OCc2ccccc2)[C@@H]1O[C@H]1O[C@H](COC(C)=O)[C@@H](O[C@@H]2O[C@H](C(=O)OCc3ccccc3)[C@@H](O[C@H]3O[C@H](COC(C)=O)[C@@H](OCc4ccccc4)[C@H](OCc4ccccc4)[C@H]3N=[N+]=[N-])[C@H](OCc3ccccc3)[C@H]2OCc2ccccc2)[C@H](OC(C)=O)[C@H]1N=[N+]=[N-]. The van der Waals surface area contributed by atoms with Gasteiger partial charge in [0.2, 0.25) is 0 Å². The number of carbonyl (C=O) groups excluding carboxylic acids is 7. The zero-order chi connectivity index (χ0) is 98.1. The van der Waals surface area contributed by atoms with Crippen LogP contribution in [-0.2, 0) is 179 Å². The Morgan fingerprint density at radius 2 is 0.579 bits per heavy atom. The van der Waals surface area contributed by atoms with Crippen molar-refractivity contribution in [1.29, 1.82) is 0 Å². The molecule has 0 spiro atoms. The van der Waals surface area contributed by atoms with Gasteiger partial charge in [-0.15, -0.1) is 0 Å². The molecule has 39 heteroatoms. The number of benzene rings is 9. The van der Waals surface area contributed by atoms with Gasteiger partial charge in [-0.3, -0.25) is 14.4 Å². The van der Waals surface area contributed by atoms with Gasteiger partial charge in [-0.2, -0.15) is 0 Å². The van der Waals surface area contributed by atoms with Crippen LogP contribution in [0.3, 0.4) is 0 Å². The van der Waals surface area contributed by atoms with Gasteiger partial charge in [-0.25, -0.2) is 19.2 Å². The maximum absolute atomic E-state index is 16.1. The fourth-order valence-corrected chi connectivity index (χ4v) is 16.6. The van der Waals surface area contributed by atoms with Crippen LogP contribution < -0.4 is 0 Å². The molecule has 39 nitrogen and oxygen atoms in total. The van der Waals surface area contributed by atoms with Crippen molar-refractivity contribution in [3.63, 3.8) is 0 Å². The molecule has 0 unspecified atom stereocenters. The molecule has 5 fully saturated rings. The van der Waals surface area contributed by atoms with Crippen LogP contribution in [-0.4, -0.2) is 229 Å². The molecular weight excluding hydrogens is 1820 g/mol. The lowest BCUT2D eigenvalue weighted by Gasteiger charge is -2.51. The number of nitrogens with zero attached hydrogens (tertiary/aromatic N) is 9. The Balaban J connectivity index is 0.890. The Labute approximate surface area is 804 Å². The molecule has 25 atom stereocenters. The second-order valence-corrected chi connectivity index (χ2v) is 32.8. The highest BCUT2D eigenvalue weighted by Crippen LogP contribution is 2.43. The standard InChI is InChI=1S/C101H105N9O30/c1-61(111)120-58-73-79(122-51-64-33-15-6-16-34-64)82(123-52-65-35-17-7-18-36-65)77(106-109-103)98(132-73)137-87-85(125-54-67-39-21-9-22-40-67)91(127-56-69-43-25-11-26-44-69)100(140-90(87)96(117)128-57-70-45-27-12-28-46-70)136-81-74(59-121-62(2)112)133-99(78(107-110-104)84(81)130-63(3)113)138-88-86(126-55-68-41-23-10-24-42-68)92(134-94(115)72-49-31-14-32-50-72)101(139-89(88)95(116)118-4)135-80-75(60-129-93(114)71-47-29-13-30-48-71)131-97(119-5)76(105-108-102)83(80)124-53-66-37-19-8-20-38-66/h6-50,73-92,97-101H,51-60H2,1-5H3/t73-,74-,75-,76-,77-,78-,79-,80-,81-,82-,83-,84-,85+,86+,87+,88+,89-,90+,91-,92-,97+,98-,99-,100-,101-/m1/s1. The van der Waals surface area contributed by atoms with E-state index in [4.69, 9.17) is 109 Å². The first-order valence-electron chi connectivity index (χ1n) is 45.0. The minimum Gasteiger partial charge on any atom is -0.467 e. The number of carbonyl (C=O) groups is 7. The van der Waals surface area contributed by atoms with Gasteiger partial charge < -0.3 is 109 Å². The summed E-state index contributed by atoms with van der Waals surface area (Å²) in [5.74, 6) is -7.00. The Bertz CT molecular complexity index is 5610. The van der Waals surface area contributed by atoms with E-state index < -0.39 is 228 Å². The molecule has 5 aliphatic heterocycles. The number of hydrogen-bond acceptors (Lipinski definition) is 33. The summed E-state index contributed by atoms with van der Waals surface area (Å²) in [6.45, 7) is -0.601. The normalized spacial score (nSPS) is 27.5. The van der Waals surface area contributed by atoms with Crippen molar-refractivity contribution in [3.8, 4) is 0 Å². The van der Waals surface area contributed by atoms with Crippen LogP contribution in [0.25, 0.3) is 31.3 Å². The minimum atomic E-state index is -2.21. The minimum absolute atomic E-state index is 0.0479. The first kappa shape index (κ1) is 102.